The maximum Gasteiger partial charge on any atom is 0.257 e. The molecule has 2 amide bonds. The molecular formula is C19H18Cl2N2O3. The van der Waals surface area contributed by atoms with E-state index in [1.54, 1.807) is 48.5 Å². The molecule has 0 saturated carbocycles. The van der Waals surface area contributed by atoms with Crippen molar-refractivity contribution < 1.29 is 14.3 Å². The number of carbonyl (C=O) groups is 2. The predicted octanol–water partition coefficient (Wildman–Crippen LogP) is 3.82. The summed E-state index contributed by atoms with van der Waals surface area (Å²) in [5, 5.41) is 6.53. The summed E-state index contributed by atoms with van der Waals surface area (Å²) in [6.45, 7) is 4.01. The number of nitrogens with one attached hydrogen (secondary N) is 2. The van der Waals surface area contributed by atoms with Crippen molar-refractivity contribution in [2.24, 2.45) is 0 Å². The third-order valence-electron chi connectivity index (χ3n) is 3.33. The van der Waals surface area contributed by atoms with E-state index in [9.17, 15) is 9.59 Å². The number of halogens is 2. The van der Waals surface area contributed by atoms with Gasteiger partial charge in [-0.2, -0.15) is 0 Å². The molecule has 0 heterocycles. The van der Waals surface area contributed by atoms with Gasteiger partial charge in [0, 0.05) is 34.3 Å². The number of rotatable bonds is 8. The van der Waals surface area contributed by atoms with Crippen LogP contribution in [0.2, 0.25) is 10.0 Å². The van der Waals surface area contributed by atoms with E-state index in [2.05, 4.69) is 17.2 Å². The van der Waals surface area contributed by atoms with Crippen molar-refractivity contribution in [1.82, 2.24) is 10.6 Å². The maximum atomic E-state index is 12.0. The van der Waals surface area contributed by atoms with Gasteiger partial charge in [-0.3, -0.25) is 9.59 Å². The smallest absolute Gasteiger partial charge is 0.257 e. The van der Waals surface area contributed by atoms with Crippen LogP contribution in [0, 0.1) is 0 Å². The lowest BCUT2D eigenvalue weighted by molar-refractivity contribution is -0.123. The highest BCUT2D eigenvalue weighted by molar-refractivity contribution is 6.30. The van der Waals surface area contributed by atoms with Crippen LogP contribution in [0.5, 0.6) is 5.75 Å². The van der Waals surface area contributed by atoms with Gasteiger partial charge in [-0.05, 0) is 48.5 Å². The van der Waals surface area contributed by atoms with Crippen molar-refractivity contribution in [3.05, 3.63) is 76.4 Å². The Morgan fingerprint density at radius 3 is 2.15 bits per heavy atom. The van der Waals surface area contributed by atoms with Gasteiger partial charge in [0.15, 0.2) is 6.61 Å². The summed E-state index contributed by atoms with van der Waals surface area (Å²) in [5.41, 5.74) is 0.986. The molecule has 2 aromatic carbocycles. The summed E-state index contributed by atoms with van der Waals surface area (Å²) >= 11 is 11.6. The van der Waals surface area contributed by atoms with Crippen LogP contribution in [0.4, 0.5) is 0 Å². The van der Waals surface area contributed by atoms with Gasteiger partial charge in [0.1, 0.15) is 5.75 Å². The highest BCUT2D eigenvalue weighted by Crippen LogP contribution is 2.15. The largest absolute Gasteiger partial charge is 0.484 e. The summed E-state index contributed by atoms with van der Waals surface area (Å²) in [5.74, 6) is 0.0185. The molecule has 0 bridgehead atoms. The van der Waals surface area contributed by atoms with E-state index in [4.69, 9.17) is 27.9 Å². The minimum absolute atomic E-state index is 0.106. The van der Waals surface area contributed by atoms with Crippen LogP contribution in [0.1, 0.15) is 16.8 Å². The molecule has 2 aromatic rings. The molecule has 0 atom stereocenters. The quantitative estimate of drug-likeness (QED) is 0.717. The molecule has 0 aliphatic heterocycles. The van der Waals surface area contributed by atoms with Crippen LogP contribution in [0.15, 0.2) is 60.8 Å². The number of carbonyl (C=O) groups excluding carboxylic acids is 2. The molecule has 5 nitrogen and oxygen atoms in total. The van der Waals surface area contributed by atoms with Gasteiger partial charge in [0.2, 0.25) is 0 Å². The Labute approximate surface area is 161 Å². The van der Waals surface area contributed by atoms with Gasteiger partial charge in [0.25, 0.3) is 11.8 Å². The van der Waals surface area contributed by atoms with E-state index in [-0.39, 0.29) is 18.4 Å². The minimum Gasteiger partial charge on any atom is -0.484 e. The average molecular weight is 393 g/mol. The first-order chi connectivity index (χ1) is 12.4. The number of ether oxygens (including phenoxy) is 1. The number of hydrogen-bond acceptors (Lipinski definition) is 3. The first-order valence-electron chi connectivity index (χ1n) is 7.84. The van der Waals surface area contributed by atoms with Gasteiger partial charge < -0.3 is 15.4 Å². The average Bonchev–Trinajstić information content (AvgIpc) is 2.61. The Balaban J connectivity index is 1.65. The van der Waals surface area contributed by atoms with Crippen molar-refractivity contribution in [2.45, 2.75) is 6.42 Å². The molecule has 0 saturated heterocycles. The molecule has 2 rings (SSSR count). The van der Waals surface area contributed by atoms with Crippen LogP contribution < -0.4 is 15.4 Å². The normalized spacial score (nSPS) is 10.1. The minimum atomic E-state index is -0.274. The van der Waals surface area contributed by atoms with E-state index in [0.29, 0.717) is 40.0 Å². The predicted molar refractivity (Wildman–Crippen MR) is 103 cm³/mol. The van der Waals surface area contributed by atoms with E-state index in [1.165, 1.54) is 0 Å². The fraction of sp³-hybridized carbons (Fsp3) is 0.158. The van der Waals surface area contributed by atoms with Crippen molar-refractivity contribution in [2.75, 3.05) is 13.2 Å². The summed E-state index contributed by atoms with van der Waals surface area (Å²) in [6.07, 6.45) is 0.409. The van der Waals surface area contributed by atoms with Gasteiger partial charge in [-0.1, -0.05) is 29.8 Å². The molecule has 0 aliphatic carbocycles. The SMILES string of the molecule is C=C(CCNC(=O)COc1ccc(Cl)cc1)NC(=O)c1ccc(Cl)cc1. The lowest BCUT2D eigenvalue weighted by Crippen LogP contribution is -2.31. The second-order valence-electron chi connectivity index (χ2n) is 5.41. The summed E-state index contributed by atoms with van der Waals surface area (Å²) < 4.78 is 5.34. The third kappa shape index (κ3) is 6.78. The molecule has 2 N–H and O–H groups in total. The zero-order valence-electron chi connectivity index (χ0n) is 13.9. The first kappa shape index (κ1) is 19.8. The molecular weight excluding hydrogens is 375 g/mol. The van der Waals surface area contributed by atoms with Crippen molar-refractivity contribution in [3.8, 4) is 5.75 Å². The molecule has 26 heavy (non-hydrogen) atoms. The lowest BCUT2D eigenvalue weighted by Gasteiger charge is -2.10. The standard InChI is InChI=1S/C19H18Cl2N2O3/c1-13(23-19(25)14-2-4-15(20)5-3-14)10-11-22-18(24)12-26-17-8-6-16(21)7-9-17/h2-9H,1,10-12H2,(H,22,24)(H,23,25). The Morgan fingerprint density at radius 1 is 0.962 bits per heavy atom. The Bertz CT molecular complexity index is 774. The van der Waals surface area contributed by atoms with Crippen LogP contribution >= 0.6 is 23.2 Å². The van der Waals surface area contributed by atoms with E-state index >= 15 is 0 Å². The molecule has 0 aliphatic rings. The Hall–Kier alpha value is -2.50. The maximum absolute atomic E-state index is 12.0. The molecule has 7 heteroatoms. The molecule has 0 aromatic heterocycles. The van der Waals surface area contributed by atoms with E-state index < -0.39 is 0 Å². The first-order valence-corrected chi connectivity index (χ1v) is 8.59. The Kier molecular flexibility index (Phi) is 7.51. The molecule has 136 valence electrons. The summed E-state index contributed by atoms with van der Waals surface area (Å²) in [7, 11) is 0. The highest BCUT2D eigenvalue weighted by atomic mass is 35.5. The van der Waals surface area contributed by atoms with Crippen molar-refractivity contribution in [1.29, 1.82) is 0 Å². The molecule has 0 fully saturated rings. The van der Waals surface area contributed by atoms with Gasteiger partial charge >= 0.3 is 0 Å². The van der Waals surface area contributed by atoms with Crippen LogP contribution in [-0.4, -0.2) is 25.0 Å². The van der Waals surface area contributed by atoms with Gasteiger partial charge in [0.05, 0.1) is 0 Å². The number of benzene rings is 2. The number of hydrogen-bond donors (Lipinski definition) is 2. The monoisotopic (exact) mass is 392 g/mol. The van der Waals surface area contributed by atoms with Gasteiger partial charge in [-0.25, -0.2) is 0 Å². The van der Waals surface area contributed by atoms with E-state index in [0.717, 1.165) is 0 Å². The van der Waals surface area contributed by atoms with Crippen LogP contribution in [0.25, 0.3) is 0 Å². The second kappa shape index (κ2) is 9.85. The zero-order chi connectivity index (χ0) is 18.9. The summed E-state index contributed by atoms with van der Waals surface area (Å²) in [4.78, 5) is 23.8. The molecule has 0 unspecified atom stereocenters. The topological polar surface area (TPSA) is 67.4 Å². The lowest BCUT2D eigenvalue weighted by atomic mass is 10.2. The van der Waals surface area contributed by atoms with Crippen molar-refractivity contribution >= 4 is 35.0 Å². The summed E-state index contributed by atoms with van der Waals surface area (Å²) in [6, 6.07) is 13.3. The highest BCUT2D eigenvalue weighted by Gasteiger charge is 2.07. The zero-order valence-corrected chi connectivity index (χ0v) is 15.4. The third-order valence-corrected chi connectivity index (χ3v) is 3.83. The second-order valence-corrected chi connectivity index (χ2v) is 6.28. The molecule has 0 radical (unpaired) electrons. The Morgan fingerprint density at radius 2 is 1.54 bits per heavy atom. The van der Waals surface area contributed by atoms with Gasteiger partial charge in [-0.15, -0.1) is 0 Å². The van der Waals surface area contributed by atoms with Crippen LogP contribution in [0.3, 0.4) is 0 Å². The fourth-order valence-corrected chi connectivity index (χ4v) is 2.23. The van der Waals surface area contributed by atoms with E-state index in [1.807, 2.05) is 0 Å². The molecule has 0 spiro atoms. The fourth-order valence-electron chi connectivity index (χ4n) is 1.98. The number of amides is 2. The van der Waals surface area contributed by atoms with Crippen LogP contribution in [-0.2, 0) is 4.79 Å². The van der Waals surface area contributed by atoms with Crippen molar-refractivity contribution in [3.63, 3.8) is 0 Å².